The first-order chi connectivity index (χ1) is 11.0. The molecule has 3 rings (SSSR count). The van der Waals surface area contributed by atoms with E-state index in [0.717, 1.165) is 44.1 Å². The lowest BCUT2D eigenvalue weighted by molar-refractivity contribution is 0.0759. The van der Waals surface area contributed by atoms with Crippen molar-refractivity contribution in [1.82, 2.24) is 9.80 Å². The Morgan fingerprint density at radius 3 is 2.65 bits per heavy atom. The van der Waals surface area contributed by atoms with Gasteiger partial charge in [0.2, 0.25) is 0 Å². The molecule has 0 saturated carbocycles. The minimum Gasteiger partial charge on any atom is -0.466 e. The predicted molar refractivity (Wildman–Crippen MR) is 87.7 cm³/mol. The van der Waals surface area contributed by atoms with Crippen LogP contribution in [0.15, 0.2) is 27.0 Å². The molecular formula is C17H21ClN2O3. The second-order valence-electron chi connectivity index (χ2n) is 5.95. The largest absolute Gasteiger partial charge is 0.466 e. The molecule has 0 aromatic carbocycles. The number of hydrogen-bond donors (Lipinski definition) is 0. The molecule has 124 valence electrons. The topological polar surface area (TPSA) is 49.8 Å². The van der Waals surface area contributed by atoms with Gasteiger partial charge in [-0.05, 0) is 50.1 Å². The van der Waals surface area contributed by atoms with Gasteiger partial charge < -0.3 is 13.7 Å². The predicted octanol–water partition coefficient (Wildman–Crippen LogP) is 3.49. The van der Waals surface area contributed by atoms with Crippen molar-refractivity contribution in [1.29, 1.82) is 0 Å². The van der Waals surface area contributed by atoms with E-state index in [2.05, 4.69) is 4.90 Å². The minimum absolute atomic E-state index is 0.0576. The molecule has 0 radical (unpaired) electrons. The van der Waals surface area contributed by atoms with E-state index >= 15 is 0 Å². The van der Waals surface area contributed by atoms with Crippen LogP contribution >= 0.6 is 11.6 Å². The highest BCUT2D eigenvalue weighted by Gasteiger charge is 2.23. The first-order valence-electron chi connectivity index (χ1n) is 7.86. The highest BCUT2D eigenvalue weighted by Crippen LogP contribution is 2.19. The molecule has 0 N–H and O–H groups in total. The van der Waals surface area contributed by atoms with Crippen LogP contribution < -0.4 is 0 Å². The van der Waals surface area contributed by atoms with Gasteiger partial charge in [0.1, 0.15) is 17.3 Å². The van der Waals surface area contributed by atoms with Crippen molar-refractivity contribution in [3.05, 3.63) is 46.3 Å². The summed E-state index contributed by atoms with van der Waals surface area (Å²) in [5.41, 5.74) is 0.675. The second-order valence-corrected chi connectivity index (χ2v) is 6.33. The number of carbonyl (C=O) groups is 1. The first-order valence-corrected chi connectivity index (χ1v) is 8.23. The van der Waals surface area contributed by atoms with Crippen LogP contribution in [0.5, 0.6) is 0 Å². The molecule has 23 heavy (non-hydrogen) atoms. The molecule has 1 saturated heterocycles. The van der Waals surface area contributed by atoms with Crippen LogP contribution in [-0.2, 0) is 6.54 Å². The molecule has 0 spiro atoms. The van der Waals surface area contributed by atoms with Gasteiger partial charge >= 0.3 is 0 Å². The SMILES string of the molecule is Cc1cc(C(=O)N2CCCN(Cc3ccc(Cl)o3)CC2)c(C)o1. The molecular weight excluding hydrogens is 316 g/mol. The van der Waals surface area contributed by atoms with Gasteiger partial charge in [-0.2, -0.15) is 0 Å². The number of amides is 1. The number of furan rings is 2. The van der Waals surface area contributed by atoms with E-state index in [9.17, 15) is 4.79 Å². The Labute approximate surface area is 140 Å². The lowest BCUT2D eigenvalue weighted by Gasteiger charge is -2.21. The van der Waals surface area contributed by atoms with Gasteiger partial charge in [-0.3, -0.25) is 9.69 Å². The Kier molecular flexibility index (Phi) is 4.78. The van der Waals surface area contributed by atoms with E-state index < -0.39 is 0 Å². The smallest absolute Gasteiger partial charge is 0.257 e. The molecule has 1 aliphatic rings. The van der Waals surface area contributed by atoms with E-state index in [4.69, 9.17) is 20.4 Å². The fraction of sp³-hybridized carbons (Fsp3) is 0.471. The van der Waals surface area contributed by atoms with Crippen LogP contribution in [-0.4, -0.2) is 41.9 Å². The molecule has 3 heterocycles. The summed E-state index contributed by atoms with van der Waals surface area (Å²) in [7, 11) is 0. The van der Waals surface area contributed by atoms with Crippen molar-refractivity contribution < 1.29 is 13.6 Å². The van der Waals surface area contributed by atoms with E-state index in [0.29, 0.717) is 23.1 Å². The number of halogens is 1. The van der Waals surface area contributed by atoms with Gasteiger partial charge in [0.15, 0.2) is 5.22 Å². The molecule has 1 amide bonds. The Bertz CT molecular complexity index is 692. The average Bonchev–Trinajstić information content (AvgIpc) is 2.96. The standard InChI is InChI=1S/C17H21ClN2O3/c1-12-10-15(13(2)22-12)17(21)20-7-3-6-19(8-9-20)11-14-4-5-16(18)23-14/h4-5,10H,3,6-9,11H2,1-2H3. The lowest BCUT2D eigenvalue weighted by Crippen LogP contribution is -2.35. The summed E-state index contributed by atoms with van der Waals surface area (Å²) < 4.78 is 10.9. The molecule has 2 aromatic heterocycles. The molecule has 2 aromatic rings. The minimum atomic E-state index is 0.0576. The van der Waals surface area contributed by atoms with E-state index in [1.807, 2.05) is 30.9 Å². The van der Waals surface area contributed by atoms with E-state index in [1.54, 1.807) is 6.07 Å². The third-order valence-corrected chi connectivity index (χ3v) is 4.36. The number of aryl methyl sites for hydroxylation is 2. The van der Waals surface area contributed by atoms with Crippen molar-refractivity contribution >= 4 is 17.5 Å². The Balaban J connectivity index is 1.62. The molecule has 0 bridgehead atoms. The van der Waals surface area contributed by atoms with Crippen LogP contribution in [0, 0.1) is 13.8 Å². The molecule has 1 fully saturated rings. The van der Waals surface area contributed by atoms with Crippen molar-refractivity contribution in [3.63, 3.8) is 0 Å². The fourth-order valence-corrected chi connectivity index (χ4v) is 3.16. The summed E-state index contributed by atoms with van der Waals surface area (Å²) in [4.78, 5) is 16.9. The van der Waals surface area contributed by atoms with E-state index in [1.165, 1.54) is 0 Å². The van der Waals surface area contributed by atoms with Crippen molar-refractivity contribution in [2.75, 3.05) is 26.2 Å². The quantitative estimate of drug-likeness (QED) is 0.861. The Hall–Kier alpha value is -1.72. The molecule has 0 unspecified atom stereocenters. The van der Waals surface area contributed by atoms with Crippen LogP contribution in [0.4, 0.5) is 0 Å². The third kappa shape index (κ3) is 3.79. The summed E-state index contributed by atoms with van der Waals surface area (Å²) in [6.45, 7) is 7.65. The van der Waals surface area contributed by atoms with Gasteiger partial charge in [-0.15, -0.1) is 0 Å². The molecule has 6 heteroatoms. The summed E-state index contributed by atoms with van der Waals surface area (Å²) in [6.07, 6.45) is 0.941. The first kappa shape index (κ1) is 16.1. The zero-order valence-corrected chi connectivity index (χ0v) is 14.2. The third-order valence-electron chi connectivity index (χ3n) is 4.16. The Morgan fingerprint density at radius 2 is 2.00 bits per heavy atom. The van der Waals surface area contributed by atoms with Crippen LogP contribution in [0.25, 0.3) is 0 Å². The fourth-order valence-electron chi connectivity index (χ4n) is 3.00. The maximum absolute atomic E-state index is 12.7. The summed E-state index contributed by atoms with van der Waals surface area (Å²) in [5, 5.41) is 0.414. The molecule has 0 aliphatic carbocycles. The number of nitrogens with zero attached hydrogens (tertiary/aromatic N) is 2. The highest BCUT2D eigenvalue weighted by molar-refractivity contribution is 6.28. The monoisotopic (exact) mass is 336 g/mol. The maximum atomic E-state index is 12.7. The zero-order valence-electron chi connectivity index (χ0n) is 13.5. The maximum Gasteiger partial charge on any atom is 0.257 e. The summed E-state index contributed by atoms with van der Waals surface area (Å²) >= 11 is 5.81. The highest BCUT2D eigenvalue weighted by atomic mass is 35.5. The van der Waals surface area contributed by atoms with Gasteiger partial charge in [-0.25, -0.2) is 0 Å². The summed E-state index contributed by atoms with van der Waals surface area (Å²) in [5.74, 6) is 2.38. The lowest BCUT2D eigenvalue weighted by atomic mass is 10.2. The van der Waals surface area contributed by atoms with Crippen LogP contribution in [0.3, 0.4) is 0 Å². The zero-order chi connectivity index (χ0) is 16.4. The summed E-state index contributed by atoms with van der Waals surface area (Å²) in [6, 6.07) is 5.48. The van der Waals surface area contributed by atoms with Crippen molar-refractivity contribution in [3.8, 4) is 0 Å². The van der Waals surface area contributed by atoms with Crippen LogP contribution in [0.1, 0.15) is 34.1 Å². The molecule has 0 atom stereocenters. The van der Waals surface area contributed by atoms with Gasteiger partial charge in [0, 0.05) is 26.2 Å². The second kappa shape index (κ2) is 6.81. The Morgan fingerprint density at radius 1 is 1.17 bits per heavy atom. The van der Waals surface area contributed by atoms with Gasteiger partial charge in [0.25, 0.3) is 5.91 Å². The van der Waals surface area contributed by atoms with Crippen LogP contribution in [0.2, 0.25) is 5.22 Å². The van der Waals surface area contributed by atoms with Crippen molar-refractivity contribution in [2.24, 2.45) is 0 Å². The van der Waals surface area contributed by atoms with E-state index in [-0.39, 0.29) is 5.91 Å². The van der Waals surface area contributed by atoms with Gasteiger partial charge in [0.05, 0.1) is 12.1 Å². The number of rotatable bonds is 3. The van der Waals surface area contributed by atoms with Gasteiger partial charge in [-0.1, -0.05) is 0 Å². The number of carbonyl (C=O) groups excluding carboxylic acids is 1. The molecule has 5 nitrogen and oxygen atoms in total. The normalized spacial score (nSPS) is 16.6. The average molecular weight is 337 g/mol. The van der Waals surface area contributed by atoms with Crippen molar-refractivity contribution in [2.45, 2.75) is 26.8 Å². The number of hydrogen-bond acceptors (Lipinski definition) is 4. The molecule has 1 aliphatic heterocycles.